The van der Waals surface area contributed by atoms with Crippen LogP contribution in [0.3, 0.4) is 0 Å². The second kappa shape index (κ2) is 6.85. The van der Waals surface area contributed by atoms with E-state index in [0.717, 1.165) is 18.2 Å². The molecule has 1 aromatic rings. The summed E-state index contributed by atoms with van der Waals surface area (Å²) in [6.07, 6.45) is 6.86. The first-order valence-corrected chi connectivity index (χ1v) is 7.34. The molecule has 1 aromatic heterocycles. The summed E-state index contributed by atoms with van der Waals surface area (Å²) in [5, 5.41) is 3.59. The van der Waals surface area contributed by atoms with Crippen LogP contribution in [0.4, 0.5) is 0 Å². The zero-order valence-electron chi connectivity index (χ0n) is 12.2. The van der Waals surface area contributed by atoms with Crippen molar-refractivity contribution in [1.82, 2.24) is 15.3 Å². The van der Waals surface area contributed by atoms with E-state index in [1.54, 1.807) is 13.4 Å². The summed E-state index contributed by atoms with van der Waals surface area (Å²) in [4.78, 5) is 8.55. The molecule has 1 saturated carbocycles. The quantitative estimate of drug-likeness (QED) is 0.887. The highest BCUT2D eigenvalue weighted by Crippen LogP contribution is 2.36. The Balaban J connectivity index is 2.17. The van der Waals surface area contributed by atoms with E-state index in [1.807, 2.05) is 6.07 Å². The maximum absolute atomic E-state index is 5.21. The van der Waals surface area contributed by atoms with Crippen LogP contribution in [0.25, 0.3) is 0 Å². The molecule has 0 saturated heterocycles. The van der Waals surface area contributed by atoms with E-state index in [0.29, 0.717) is 17.8 Å². The Morgan fingerprint density at radius 1 is 1.42 bits per heavy atom. The summed E-state index contributed by atoms with van der Waals surface area (Å²) < 4.78 is 5.21. The second-order valence-corrected chi connectivity index (χ2v) is 5.55. The second-order valence-electron chi connectivity index (χ2n) is 5.55. The third kappa shape index (κ3) is 3.66. The summed E-state index contributed by atoms with van der Waals surface area (Å²) >= 11 is 0. The molecule has 0 bridgehead atoms. The van der Waals surface area contributed by atoms with Crippen LogP contribution in [-0.4, -0.2) is 23.6 Å². The standard InChI is InChI=1S/C15H25N3O/c1-4-16-15(12-7-5-6-11(2)8-12)13-9-14(19-3)18-10-17-13/h9-12,15-16H,4-8H2,1-3H3. The van der Waals surface area contributed by atoms with Crippen LogP contribution in [0.2, 0.25) is 0 Å². The number of methoxy groups -OCH3 is 1. The van der Waals surface area contributed by atoms with Crippen molar-refractivity contribution in [1.29, 1.82) is 0 Å². The highest BCUT2D eigenvalue weighted by molar-refractivity contribution is 5.17. The minimum Gasteiger partial charge on any atom is -0.481 e. The number of ether oxygens (including phenoxy) is 1. The fourth-order valence-corrected chi connectivity index (χ4v) is 3.15. The molecule has 1 aliphatic carbocycles. The predicted octanol–water partition coefficient (Wildman–Crippen LogP) is 2.96. The molecule has 3 unspecified atom stereocenters. The highest BCUT2D eigenvalue weighted by Gasteiger charge is 2.28. The third-order valence-electron chi connectivity index (χ3n) is 4.06. The van der Waals surface area contributed by atoms with Gasteiger partial charge in [0, 0.05) is 6.07 Å². The summed E-state index contributed by atoms with van der Waals surface area (Å²) in [7, 11) is 1.65. The minimum absolute atomic E-state index is 0.324. The van der Waals surface area contributed by atoms with E-state index in [4.69, 9.17) is 4.74 Å². The zero-order chi connectivity index (χ0) is 13.7. The molecule has 0 aliphatic heterocycles. The van der Waals surface area contributed by atoms with E-state index in [1.165, 1.54) is 25.7 Å². The Morgan fingerprint density at radius 2 is 2.26 bits per heavy atom. The van der Waals surface area contributed by atoms with Crippen LogP contribution in [0, 0.1) is 11.8 Å². The maximum atomic E-state index is 5.21. The minimum atomic E-state index is 0.324. The van der Waals surface area contributed by atoms with Crippen molar-refractivity contribution in [3.8, 4) is 5.88 Å². The van der Waals surface area contributed by atoms with Gasteiger partial charge in [-0.15, -0.1) is 0 Å². The van der Waals surface area contributed by atoms with Gasteiger partial charge in [0.2, 0.25) is 5.88 Å². The van der Waals surface area contributed by atoms with Gasteiger partial charge in [-0.25, -0.2) is 9.97 Å². The number of nitrogens with zero attached hydrogens (tertiary/aromatic N) is 2. The average molecular weight is 263 g/mol. The predicted molar refractivity (Wildman–Crippen MR) is 76.1 cm³/mol. The molecule has 1 aliphatic rings. The highest BCUT2D eigenvalue weighted by atomic mass is 16.5. The Bertz CT molecular complexity index is 397. The zero-order valence-corrected chi connectivity index (χ0v) is 12.2. The number of rotatable bonds is 5. The molecule has 1 heterocycles. The van der Waals surface area contributed by atoms with Gasteiger partial charge in [0.15, 0.2) is 0 Å². The largest absolute Gasteiger partial charge is 0.481 e. The van der Waals surface area contributed by atoms with Gasteiger partial charge in [-0.1, -0.05) is 26.7 Å². The molecule has 4 nitrogen and oxygen atoms in total. The third-order valence-corrected chi connectivity index (χ3v) is 4.06. The van der Waals surface area contributed by atoms with Crippen LogP contribution in [0.15, 0.2) is 12.4 Å². The number of hydrogen-bond acceptors (Lipinski definition) is 4. The average Bonchev–Trinajstić information content (AvgIpc) is 2.45. The molecule has 1 N–H and O–H groups in total. The lowest BCUT2D eigenvalue weighted by Gasteiger charge is -2.33. The van der Waals surface area contributed by atoms with Crippen molar-refractivity contribution in [2.75, 3.05) is 13.7 Å². The molecule has 0 spiro atoms. The first-order valence-electron chi connectivity index (χ1n) is 7.34. The van der Waals surface area contributed by atoms with Gasteiger partial charge in [-0.3, -0.25) is 0 Å². The first-order chi connectivity index (χ1) is 9.24. The van der Waals surface area contributed by atoms with Crippen molar-refractivity contribution in [3.63, 3.8) is 0 Å². The van der Waals surface area contributed by atoms with Gasteiger partial charge in [0.1, 0.15) is 6.33 Å². The molecule has 19 heavy (non-hydrogen) atoms. The first kappa shape index (κ1) is 14.3. The van der Waals surface area contributed by atoms with Gasteiger partial charge in [-0.2, -0.15) is 0 Å². The lowest BCUT2D eigenvalue weighted by atomic mass is 9.77. The van der Waals surface area contributed by atoms with Crippen molar-refractivity contribution in [2.24, 2.45) is 11.8 Å². The van der Waals surface area contributed by atoms with Gasteiger partial charge in [-0.05, 0) is 31.2 Å². The topological polar surface area (TPSA) is 47.0 Å². The number of hydrogen-bond donors (Lipinski definition) is 1. The van der Waals surface area contributed by atoms with Gasteiger partial charge in [0.05, 0.1) is 18.8 Å². The molecule has 2 rings (SSSR count). The van der Waals surface area contributed by atoms with E-state index >= 15 is 0 Å². The SMILES string of the molecule is CCNC(c1cc(OC)ncn1)C1CCCC(C)C1. The van der Waals surface area contributed by atoms with Gasteiger partial charge >= 0.3 is 0 Å². The molecular weight excluding hydrogens is 238 g/mol. The van der Waals surface area contributed by atoms with Gasteiger partial charge < -0.3 is 10.1 Å². The van der Waals surface area contributed by atoms with Crippen molar-refractivity contribution >= 4 is 0 Å². The van der Waals surface area contributed by atoms with Crippen LogP contribution in [0.5, 0.6) is 5.88 Å². The molecular formula is C15H25N3O. The normalized spacial score (nSPS) is 25.0. The molecule has 4 heteroatoms. The van der Waals surface area contributed by atoms with Gasteiger partial charge in [0.25, 0.3) is 0 Å². The smallest absolute Gasteiger partial charge is 0.216 e. The molecule has 106 valence electrons. The summed E-state index contributed by atoms with van der Waals surface area (Å²) in [6.45, 7) is 5.47. The monoisotopic (exact) mass is 263 g/mol. The Morgan fingerprint density at radius 3 is 2.95 bits per heavy atom. The van der Waals surface area contributed by atoms with Crippen LogP contribution >= 0.6 is 0 Å². The maximum Gasteiger partial charge on any atom is 0.216 e. The van der Waals surface area contributed by atoms with Crippen molar-refractivity contribution < 1.29 is 4.74 Å². The number of nitrogens with one attached hydrogen (secondary N) is 1. The molecule has 0 radical (unpaired) electrons. The van der Waals surface area contributed by atoms with E-state index in [9.17, 15) is 0 Å². The fourth-order valence-electron chi connectivity index (χ4n) is 3.15. The van der Waals surface area contributed by atoms with Crippen LogP contribution in [0.1, 0.15) is 51.3 Å². The summed E-state index contributed by atoms with van der Waals surface area (Å²) in [5.41, 5.74) is 1.06. The fraction of sp³-hybridized carbons (Fsp3) is 0.733. The molecule has 1 fully saturated rings. The lowest BCUT2D eigenvalue weighted by Crippen LogP contribution is -2.32. The molecule has 0 amide bonds. The Kier molecular flexibility index (Phi) is 5.14. The summed E-state index contributed by atoms with van der Waals surface area (Å²) in [5.74, 6) is 2.14. The van der Waals surface area contributed by atoms with E-state index < -0.39 is 0 Å². The lowest BCUT2D eigenvalue weighted by molar-refractivity contribution is 0.222. The summed E-state index contributed by atoms with van der Waals surface area (Å²) in [6, 6.07) is 2.29. The number of aromatic nitrogens is 2. The molecule has 0 aromatic carbocycles. The van der Waals surface area contributed by atoms with Crippen molar-refractivity contribution in [2.45, 2.75) is 45.6 Å². The Labute approximate surface area is 116 Å². The van der Waals surface area contributed by atoms with E-state index in [-0.39, 0.29) is 0 Å². The van der Waals surface area contributed by atoms with Crippen LogP contribution < -0.4 is 10.1 Å². The molecule has 3 atom stereocenters. The Hall–Kier alpha value is -1.16. The van der Waals surface area contributed by atoms with Crippen molar-refractivity contribution in [3.05, 3.63) is 18.1 Å². The van der Waals surface area contributed by atoms with Crippen LogP contribution in [-0.2, 0) is 0 Å². The van der Waals surface area contributed by atoms with E-state index in [2.05, 4.69) is 29.1 Å².